The highest BCUT2D eigenvalue weighted by Crippen LogP contribution is 2.12. The maximum Gasteiger partial charge on any atom is 0.193 e. The van der Waals surface area contributed by atoms with Crippen LogP contribution >= 0.6 is 0 Å². The molecule has 0 saturated heterocycles. The monoisotopic (exact) mass is 344 g/mol. The van der Waals surface area contributed by atoms with Gasteiger partial charge in [-0.05, 0) is 39.3 Å². The van der Waals surface area contributed by atoms with Crippen LogP contribution in [0.25, 0.3) is 0 Å². The van der Waals surface area contributed by atoms with E-state index in [0.717, 1.165) is 48.2 Å². The van der Waals surface area contributed by atoms with E-state index in [0.29, 0.717) is 6.61 Å². The quantitative estimate of drug-likeness (QED) is 0.618. The van der Waals surface area contributed by atoms with Gasteiger partial charge < -0.3 is 19.5 Å². The van der Waals surface area contributed by atoms with Crippen LogP contribution in [0.4, 0.5) is 0 Å². The largest absolute Gasteiger partial charge is 0.492 e. The maximum atomic E-state index is 5.78. The van der Waals surface area contributed by atoms with E-state index in [-0.39, 0.29) is 0 Å². The first-order valence-corrected chi connectivity index (χ1v) is 8.54. The lowest BCUT2D eigenvalue weighted by Crippen LogP contribution is -2.41. The molecule has 0 radical (unpaired) electrons. The molecule has 0 aliphatic heterocycles. The number of nitrogens with zero attached hydrogens (tertiary/aromatic N) is 3. The Bertz CT molecular complexity index is 672. The van der Waals surface area contributed by atoms with Crippen molar-refractivity contribution in [3.63, 3.8) is 0 Å². The predicted molar refractivity (Wildman–Crippen MR) is 100 cm³/mol. The second kappa shape index (κ2) is 9.11. The molecular weight excluding hydrogens is 316 g/mol. The number of aromatic nitrogens is 1. The second-order valence-electron chi connectivity index (χ2n) is 6.11. The number of guanidine groups is 1. The first-order chi connectivity index (χ1) is 12.0. The first-order valence-electron chi connectivity index (χ1n) is 8.54. The molecule has 6 nitrogen and oxygen atoms in total. The normalized spacial score (nSPS) is 11.5. The minimum atomic E-state index is 0.601. The minimum Gasteiger partial charge on any atom is -0.492 e. The van der Waals surface area contributed by atoms with E-state index < -0.39 is 0 Å². The smallest absolute Gasteiger partial charge is 0.193 e. The number of rotatable bonds is 7. The number of benzene rings is 1. The van der Waals surface area contributed by atoms with Crippen molar-refractivity contribution < 1.29 is 9.26 Å². The van der Waals surface area contributed by atoms with Crippen molar-refractivity contribution in [2.45, 2.75) is 27.2 Å². The Morgan fingerprint density at radius 2 is 1.96 bits per heavy atom. The van der Waals surface area contributed by atoms with Gasteiger partial charge in [-0.25, -0.2) is 0 Å². The molecular formula is C19H28N4O2. The zero-order valence-corrected chi connectivity index (χ0v) is 15.8. The standard InChI is InChI=1S/C19H28N4O2/c1-14-6-8-17(9-7-14)24-13-12-23(5)19(20-4)21-11-10-18-15(2)22-25-16(18)3/h6-9H,10-13H2,1-5H3,(H,20,21). The Morgan fingerprint density at radius 3 is 2.56 bits per heavy atom. The molecule has 0 amide bonds. The third kappa shape index (κ3) is 5.52. The number of aryl methyl sites for hydroxylation is 3. The molecule has 0 saturated carbocycles. The van der Waals surface area contributed by atoms with Gasteiger partial charge in [-0.1, -0.05) is 22.9 Å². The lowest BCUT2D eigenvalue weighted by molar-refractivity contribution is 0.281. The molecule has 0 bridgehead atoms. The van der Waals surface area contributed by atoms with E-state index in [9.17, 15) is 0 Å². The summed E-state index contributed by atoms with van der Waals surface area (Å²) in [7, 11) is 3.79. The lowest BCUT2D eigenvalue weighted by Gasteiger charge is -2.22. The van der Waals surface area contributed by atoms with Crippen LogP contribution in [0, 0.1) is 20.8 Å². The van der Waals surface area contributed by atoms with E-state index in [2.05, 4.69) is 27.3 Å². The average molecular weight is 344 g/mol. The molecule has 1 heterocycles. The van der Waals surface area contributed by atoms with Gasteiger partial charge >= 0.3 is 0 Å². The van der Waals surface area contributed by atoms with E-state index in [1.54, 1.807) is 7.05 Å². The summed E-state index contributed by atoms with van der Waals surface area (Å²) < 4.78 is 11.0. The van der Waals surface area contributed by atoms with Gasteiger partial charge in [-0.3, -0.25) is 4.99 Å². The van der Waals surface area contributed by atoms with Crippen molar-refractivity contribution in [1.29, 1.82) is 0 Å². The number of likely N-dealkylation sites (N-methyl/N-ethyl adjacent to an activating group) is 1. The van der Waals surface area contributed by atoms with Gasteiger partial charge in [0, 0.05) is 26.2 Å². The number of hydrogen-bond acceptors (Lipinski definition) is 4. The molecule has 6 heteroatoms. The zero-order valence-electron chi connectivity index (χ0n) is 15.8. The lowest BCUT2D eigenvalue weighted by atomic mass is 10.1. The summed E-state index contributed by atoms with van der Waals surface area (Å²) >= 11 is 0. The van der Waals surface area contributed by atoms with Crippen LogP contribution in [-0.2, 0) is 6.42 Å². The third-order valence-electron chi connectivity index (χ3n) is 4.13. The summed E-state index contributed by atoms with van der Waals surface area (Å²) in [6.45, 7) is 8.10. The van der Waals surface area contributed by atoms with Crippen molar-refractivity contribution >= 4 is 5.96 Å². The number of nitrogens with one attached hydrogen (secondary N) is 1. The van der Waals surface area contributed by atoms with Crippen molar-refractivity contribution in [1.82, 2.24) is 15.4 Å². The van der Waals surface area contributed by atoms with Gasteiger partial charge in [-0.15, -0.1) is 0 Å². The van der Waals surface area contributed by atoms with Crippen LogP contribution in [-0.4, -0.2) is 49.8 Å². The number of ether oxygens (including phenoxy) is 1. The van der Waals surface area contributed by atoms with Gasteiger partial charge in [0.15, 0.2) is 5.96 Å². The summed E-state index contributed by atoms with van der Waals surface area (Å²) in [5.41, 5.74) is 3.34. The molecule has 1 aromatic carbocycles. The van der Waals surface area contributed by atoms with Crippen LogP contribution in [0.3, 0.4) is 0 Å². The van der Waals surface area contributed by atoms with Gasteiger partial charge in [0.1, 0.15) is 18.1 Å². The molecule has 0 atom stereocenters. The molecule has 1 aromatic heterocycles. The number of hydrogen-bond donors (Lipinski definition) is 1. The molecule has 0 fully saturated rings. The van der Waals surface area contributed by atoms with E-state index in [1.165, 1.54) is 5.56 Å². The fourth-order valence-electron chi connectivity index (χ4n) is 2.58. The molecule has 2 aromatic rings. The summed E-state index contributed by atoms with van der Waals surface area (Å²) in [6, 6.07) is 8.08. The molecule has 136 valence electrons. The van der Waals surface area contributed by atoms with Crippen molar-refractivity contribution in [2.75, 3.05) is 33.8 Å². The van der Waals surface area contributed by atoms with Crippen LogP contribution in [0.2, 0.25) is 0 Å². The topological polar surface area (TPSA) is 62.9 Å². The highest BCUT2D eigenvalue weighted by molar-refractivity contribution is 5.79. The molecule has 25 heavy (non-hydrogen) atoms. The molecule has 1 N–H and O–H groups in total. The van der Waals surface area contributed by atoms with Crippen molar-refractivity contribution in [3.8, 4) is 5.75 Å². The van der Waals surface area contributed by atoms with Gasteiger partial charge in [-0.2, -0.15) is 0 Å². The summed E-state index contributed by atoms with van der Waals surface area (Å²) in [6.07, 6.45) is 0.855. The predicted octanol–water partition coefficient (Wildman–Crippen LogP) is 2.73. The van der Waals surface area contributed by atoms with E-state index >= 15 is 0 Å². The highest BCUT2D eigenvalue weighted by Gasteiger charge is 2.10. The molecule has 0 unspecified atom stereocenters. The van der Waals surface area contributed by atoms with Crippen molar-refractivity contribution in [2.24, 2.45) is 4.99 Å². The Hall–Kier alpha value is -2.50. The Labute approximate surface area is 149 Å². The molecule has 2 rings (SSSR count). The SMILES string of the molecule is CN=C(NCCc1c(C)noc1C)N(C)CCOc1ccc(C)cc1. The molecule has 0 aliphatic carbocycles. The maximum absolute atomic E-state index is 5.78. The van der Waals surface area contributed by atoms with Gasteiger partial charge in [0.2, 0.25) is 0 Å². The van der Waals surface area contributed by atoms with Crippen LogP contribution in [0.5, 0.6) is 5.75 Å². The van der Waals surface area contributed by atoms with Crippen LogP contribution < -0.4 is 10.1 Å². The van der Waals surface area contributed by atoms with Crippen molar-refractivity contribution in [3.05, 3.63) is 46.8 Å². The first kappa shape index (κ1) is 18.8. The van der Waals surface area contributed by atoms with Crippen LogP contribution in [0.15, 0.2) is 33.8 Å². The average Bonchev–Trinajstić information content (AvgIpc) is 2.92. The summed E-state index contributed by atoms with van der Waals surface area (Å²) in [5, 5.41) is 7.35. The van der Waals surface area contributed by atoms with E-state index in [1.807, 2.05) is 45.2 Å². The van der Waals surface area contributed by atoms with Gasteiger partial charge in [0.05, 0.1) is 12.2 Å². The molecule has 0 spiro atoms. The highest BCUT2D eigenvalue weighted by atomic mass is 16.5. The molecule has 0 aliphatic rings. The zero-order chi connectivity index (χ0) is 18.2. The fraction of sp³-hybridized carbons (Fsp3) is 0.474. The number of aliphatic imine (C=N–C) groups is 1. The Balaban J connectivity index is 1.74. The minimum absolute atomic E-state index is 0.601. The van der Waals surface area contributed by atoms with Crippen LogP contribution in [0.1, 0.15) is 22.6 Å². The summed E-state index contributed by atoms with van der Waals surface area (Å²) in [4.78, 5) is 6.38. The van der Waals surface area contributed by atoms with E-state index in [4.69, 9.17) is 9.26 Å². The second-order valence-corrected chi connectivity index (χ2v) is 6.11. The Morgan fingerprint density at radius 1 is 1.24 bits per heavy atom. The Kier molecular flexibility index (Phi) is 6.86. The van der Waals surface area contributed by atoms with Gasteiger partial charge in [0.25, 0.3) is 0 Å². The fourth-order valence-corrected chi connectivity index (χ4v) is 2.58. The third-order valence-corrected chi connectivity index (χ3v) is 4.13. The summed E-state index contributed by atoms with van der Waals surface area (Å²) in [5.74, 6) is 2.62.